The van der Waals surface area contributed by atoms with Gasteiger partial charge in [0.05, 0.1) is 16.6 Å². The van der Waals surface area contributed by atoms with Crippen LogP contribution in [0.2, 0.25) is 5.15 Å². The normalized spacial score (nSPS) is 12.2. The van der Waals surface area contributed by atoms with E-state index >= 15 is 0 Å². The SMILES string of the molecule is Cc1cc(C(C)Oc2ccc(Cl)nc2C(N)=O)c2oc(-c3ccn4nc(C)cc4c3)c(C)c(=O)c2c1. The van der Waals surface area contributed by atoms with E-state index in [1.165, 1.54) is 6.07 Å². The molecule has 1 unspecified atom stereocenters. The Bertz CT molecular complexity index is 1740. The number of fused-ring (bicyclic) bond motifs is 2. The molecule has 182 valence electrons. The van der Waals surface area contributed by atoms with Crippen LogP contribution in [-0.4, -0.2) is 20.5 Å². The Labute approximate surface area is 211 Å². The molecule has 36 heavy (non-hydrogen) atoms. The molecule has 5 aromatic rings. The number of rotatable bonds is 5. The molecule has 0 radical (unpaired) electrons. The highest BCUT2D eigenvalue weighted by Gasteiger charge is 2.22. The fourth-order valence-electron chi connectivity index (χ4n) is 4.36. The maximum Gasteiger partial charge on any atom is 0.271 e. The molecule has 9 heteroatoms. The van der Waals surface area contributed by atoms with Crippen molar-refractivity contribution < 1.29 is 13.9 Å². The van der Waals surface area contributed by atoms with Crippen LogP contribution in [0.3, 0.4) is 0 Å². The number of nitrogens with two attached hydrogens (primary N) is 1. The summed E-state index contributed by atoms with van der Waals surface area (Å²) in [6, 6.07) is 12.5. The van der Waals surface area contributed by atoms with Crippen molar-refractivity contribution in [2.75, 3.05) is 0 Å². The third kappa shape index (κ3) is 4.09. The molecule has 0 saturated heterocycles. The van der Waals surface area contributed by atoms with Crippen molar-refractivity contribution in [2.45, 2.75) is 33.8 Å². The lowest BCUT2D eigenvalue weighted by molar-refractivity contribution is 0.0988. The van der Waals surface area contributed by atoms with Gasteiger partial charge >= 0.3 is 0 Å². The van der Waals surface area contributed by atoms with Crippen LogP contribution in [0.1, 0.15) is 45.9 Å². The first-order valence-corrected chi connectivity index (χ1v) is 11.7. The molecule has 0 spiro atoms. The van der Waals surface area contributed by atoms with Crippen molar-refractivity contribution in [1.82, 2.24) is 14.6 Å². The summed E-state index contributed by atoms with van der Waals surface area (Å²) >= 11 is 5.93. The van der Waals surface area contributed by atoms with Gasteiger partial charge in [0.2, 0.25) is 0 Å². The van der Waals surface area contributed by atoms with Gasteiger partial charge in [0.15, 0.2) is 16.9 Å². The van der Waals surface area contributed by atoms with Crippen molar-refractivity contribution >= 4 is 34.0 Å². The van der Waals surface area contributed by atoms with Crippen molar-refractivity contribution in [3.05, 3.63) is 92.1 Å². The van der Waals surface area contributed by atoms with E-state index < -0.39 is 12.0 Å². The number of primary amides is 1. The lowest BCUT2D eigenvalue weighted by atomic mass is 10.00. The van der Waals surface area contributed by atoms with E-state index in [1.54, 1.807) is 30.5 Å². The maximum absolute atomic E-state index is 13.5. The molecule has 1 atom stereocenters. The van der Waals surface area contributed by atoms with Gasteiger partial charge < -0.3 is 14.9 Å². The van der Waals surface area contributed by atoms with E-state index in [1.807, 2.05) is 44.3 Å². The number of aryl methyl sites for hydroxylation is 2. The maximum atomic E-state index is 13.5. The Morgan fingerprint density at radius 1 is 1.14 bits per heavy atom. The highest BCUT2D eigenvalue weighted by Crippen LogP contribution is 2.34. The van der Waals surface area contributed by atoms with Gasteiger partial charge in [-0.15, -0.1) is 0 Å². The van der Waals surface area contributed by atoms with Crippen LogP contribution in [0.4, 0.5) is 0 Å². The van der Waals surface area contributed by atoms with E-state index in [0.29, 0.717) is 27.9 Å². The summed E-state index contributed by atoms with van der Waals surface area (Å²) in [6.45, 7) is 7.37. The number of carbonyl (C=O) groups is 1. The zero-order valence-corrected chi connectivity index (χ0v) is 20.9. The van der Waals surface area contributed by atoms with Crippen LogP contribution in [0.25, 0.3) is 27.8 Å². The van der Waals surface area contributed by atoms with E-state index in [9.17, 15) is 9.59 Å². The Morgan fingerprint density at radius 3 is 2.67 bits per heavy atom. The predicted molar refractivity (Wildman–Crippen MR) is 138 cm³/mol. The number of carbonyl (C=O) groups excluding carboxylic acids is 1. The minimum Gasteiger partial charge on any atom is -0.483 e. The van der Waals surface area contributed by atoms with Crippen LogP contribution in [-0.2, 0) is 0 Å². The highest BCUT2D eigenvalue weighted by atomic mass is 35.5. The van der Waals surface area contributed by atoms with Crippen molar-refractivity contribution in [3.63, 3.8) is 0 Å². The van der Waals surface area contributed by atoms with Crippen LogP contribution < -0.4 is 15.9 Å². The first kappa shape index (κ1) is 23.6. The van der Waals surface area contributed by atoms with Gasteiger partial charge in [-0.05, 0) is 75.7 Å². The Balaban J connectivity index is 1.67. The number of ether oxygens (including phenoxy) is 1. The molecule has 2 N–H and O–H groups in total. The molecular formula is C27H23ClN4O4. The molecule has 0 aliphatic rings. The topological polar surface area (TPSA) is 113 Å². The lowest BCUT2D eigenvalue weighted by Crippen LogP contribution is -2.17. The molecule has 5 rings (SSSR count). The van der Waals surface area contributed by atoms with Gasteiger partial charge in [-0.2, -0.15) is 5.10 Å². The number of hydrogen-bond acceptors (Lipinski definition) is 6. The monoisotopic (exact) mass is 502 g/mol. The van der Waals surface area contributed by atoms with Crippen molar-refractivity contribution in [3.8, 4) is 17.1 Å². The van der Waals surface area contributed by atoms with Gasteiger partial charge in [0.1, 0.15) is 22.6 Å². The molecule has 0 saturated carbocycles. The van der Waals surface area contributed by atoms with E-state index in [4.69, 9.17) is 26.5 Å². The number of nitrogens with zero attached hydrogens (tertiary/aromatic N) is 3. The molecule has 4 heterocycles. The van der Waals surface area contributed by atoms with Crippen molar-refractivity contribution in [1.29, 1.82) is 0 Å². The summed E-state index contributed by atoms with van der Waals surface area (Å²) in [4.78, 5) is 29.3. The van der Waals surface area contributed by atoms with Gasteiger partial charge in [-0.3, -0.25) is 9.59 Å². The number of halogens is 1. The number of aromatic nitrogens is 3. The summed E-state index contributed by atoms with van der Waals surface area (Å²) in [5.41, 5.74) is 10.2. The Hall–Kier alpha value is -4.17. The zero-order valence-electron chi connectivity index (χ0n) is 20.1. The first-order valence-electron chi connectivity index (χ1n) is 11.3. The molecule has 0 aliphatic carbocycles. The smallest absolute Gasteiger partial charge is 0.271 e. The minimum atomic E-state index is -0.760. The highest BCUT2D eigenvalue weighted by molar-refractivity contribution is 6.29. The molecular weight excluding hydrogens is 480 g/mol. The largest absolute Gasteiger partial charge is 0.483 e. The second-order valence-corrected chi connectivity index (χ2v) is 9.18. The Kier molecular flexibility index (Phi) is 5.76. The Morgan fingerprint density at radius 2 is 1.92 bits per heavy atom. The van der Waals surface area contributed by atoms with E-state index in [2.05, 4.69) is 10.1 Å². The van der Waals surface area contributed by atoms with E-state index in [0.717, 1.165) is 22.3 Å². The molecule has 4 aromatic heterocycles. The van der Waals surface area contributed by atoms with Gasteiger partial charge in [0.25, 0.3) is 5.91 Å². The van der Waals surface area contributed by atoms with Crippen LogP contribution in [0.15, 0.2) is 57.9 Å². The lowest BCUT2D eigenvalue weighted by Gasteiger charge is -2.19. The molecule has 1 amide bonds. The van der Waals surface area contributed by atoms with Gasteiger partial charge in [0, 0.05) is 22.9 Å². The second kappa shape index (κ2) is 8.80. The summed E-state index contributed by atoms with van der Waals surface area (Å²) in [5, 5.41) is 4.99. The second-order valence-electron chi connectivity index (χ2n) is 8.79. The fourth-order valence-corrected chi connectivity index (χ4v) is 4.50. The summed E-state index contributed by atoms with van der Waals surface area (Å²) in [5.74, 6) is -0.105. The first-order chi connectivity index (χ1) is 17.1. The molecule has 0 bridgehead atoms. The summed E-state index contributed by atoms with van der Waals surface area (Å²) in [6.07, 6.45) is 1.23. The molecule has 8 nitrogen and oxygen atoms in total. The van der Waals surface area contributed by atoms with Gasteiger partial charge in [-0.25, -0.2) is 9.50 Å². The molecule has 0 fully saturated rings. The third-order valence-electron chi connectivity index (χ3n) is 6.04. The van der Waals surface area contributed by atoms with Gasteiger partial charge in [-0.1, -0.05) is 11.6 Å². The number of benzene rings is 1. The third-order valence-corrected chi connectivity index (χ3v) is 6.25. The summed E-state index contributed by atoms with van der Waals surface area (Å²) in [7, 11) is 0. The predicted octanol–water partition coefficient (Wildman–Crippen LogP) is 5.32. The average Bonchev–Trinajstić information content (AvgIpc) is 3.21. The molecule has 1 aromatic carbocycles. The van der Waals surface area contributed by atoms with E-state index in [-0.39, 0.29) is 22.0 Å². The quantitative estimate of drug-likeness (QED) is 0.325. The number of hydrogen-bond donors (Lipinski definition) is 1. The summed E-state index contributed by atoms with van der Waals surface area (Å²) < 4.78 is 14.3. The number of pyridine rings is 2. The van der Waals surface area contributed by atoms with Crippen LogP contribution in [0, 0.1) is 20.8 Å². The fraction of sp³-hybridized carbons (Fsp3) is 0.185. The standard InChI is InChI=1S/C27H23ClN4O4/c1-13-9-19(16(4)35-21-5-6-22(28)30-23(21)27(29)34)26-20(10-13)24(33)15(3)25(36-26)17-7-8-32-18(12-17)11-14(2)31-32/h5-12,16H,1-4H3,(H2,29,34). The van der Waals surface area contributed by atoms with Crippen molar-refractivity contribution in [2.24, 2.45) is 5.73 Å². The number of amides is 1. The zero-order chi connectivity index (χ0) is 25.7. The minimum absolute atomic E-state index is 0.0753. The average molecular weight is 503 g/mol. The van der Waals surface area contributed by atoms with Crippen LogP contribution >= 0.6 is 11.6 Å². The molecule has 0 aliphatic heterocycles. The van der Waals surface area contributed by atoms with Crippen LogP contribution in [0.5, 0.6) is 5.75 Å².